The zero-order valence-electron chi connectivity index (χ0n) is 20.3. The first kappa shape index (κ1) is 31.0. The van der Waals surface area contributed by atoms with Gasteiger partial charge in [0.15, 0.2) is 0 Å². The Balaban J connectivity index is 0.000000317. The van der Waals surface area contributed by atoms with Crippen LogP contribution in [0.5, 0.6) is 0 Å². The third-order valence-corrected chi connectivity index (χ3v) is 4.89. The van der Waals surface area contributed by atoms with Gasteiger partial charge in [0.1, 0.15) is 0 Å². The van der Waals surface area contributed by atoms with Gasteiger partial charge in [-0.15, -0.1) is 0 Å². The molecule has 2 unspecified atom stereocenters. The molecular formula is C23H22F6N4O6. The number of pyridine rings is 2. The number of morpholine rings is 1. The molecule has 16 heteroatoms. The van der Waals surface area contributed by atoms with Crippen molar-refractivity contribution in [3.05, 3.63) is 54.7 Å². The largest absolute Gasteiger partial charge is 0.490 e. The second kappa shape index (κ2) is 12.6. The molecule has 3 aromatic rings. The molecule has 4 heterocycles. The maximum absolute atomic E-state index is 13.1. The molecule has 0 saturated carbocycles. The summed E-state index contributed by atoms with van der Waals surface area (Å²) < 4.78 is 71.1. The lowest BCUT2D eigenvalue weighted by molar-refractivity contribution is -0.193. The summed E-state index contributed by atoms with van der Waals surface area (Å²) in [5, 5.41) is 14.2. The molecule has 2 N–H and O–H groups in total. The molecule has 0 spiro atoms. The number of halogens is 6. The lowest BCUT2D eigenvalue weighted by Crippen LogP contribution is -2.48. The van der Waals surface area contributed by atoms with Crippen LogP contribution in [0.4, 0.5) is 26.3 Å². The second-order valence-corrected chi connectivity index (χ2v) is 8.05. The Kier molecular flexibility index (Phi) is 9.98. The van der Waals surface area contributed by atoms with E-state index in [1.54, 1.807) is 12.4 Å². The number of ether oxygens (including phenoxy) is 1. The Labute approximate surface area is 216 Å². The minimum Gasteiger partial charge on any atom is -0.475 e. The molecule has 39 heavy (non-hydrogen) atoms. The highest BCUT2D eigenvalue weighted by molar-refractivity contribution is 5.94. The first-order valence-electron chi connectivity index (χ1n) is 10.9. The van der Waals surface area contributed by atoms with E-state index in [0.717, 1.165) is 16.8 Å². The summed E-state index contributed by atoms with van der Waals surface area (Å²) in [5.41, 5.74) is 2.65. The summed E-state index contributed by atoms with van der Waals surface area (Å²) in [6.07, 6.45) is -4.77. The molecule has 212 valence electrons. The van der Waals surface area contributed by atoms with Crippen LogP contribution in [-0.4, -0.2) is 85.0 Å². The predicted octanol–water partition coefficient (Wildman–Crippen LogP) is 3.91. The van der Waals surface area contributed by atoms with Crippen molar-refractivity contribution in [2.75, 3.05) is 13.1 Å². The van der Waals surface area contributed by atoms with Crippen LogP contribution in [0.1, 0.15) is 24.5 Å². The molecule has 0 radical (unpaired) electrons. The zero-order valence-corrected chi connectivity index (χ0v) is 20.3. The number of carbonyl (C=O) groups excluding carboxylic acids is 1. The van der Waals surface area contributed by atoms with E-state index in [1.807, 2.05) is 59.7 Å². The number of carboxylic acid groups (broad SMARTS) is 2. The molecule has 1 saturated heterocycles. The van der Waals surface area contributed by atoms with Gasteiger partial charge < -0.3 is 19.8 Å². The van der Waals surface area contributed by atoms with Crippen molar-refractivity contribution in [3.8, 4) is 11.3 Å². The molecule has 1 fully saturated rings. The minimum atomic E-state index is -5.08. The minimum absolute atomic E-state index is 0.0265. The molecule has 1 amide bonds. The maximum atomic E-state index is 13.1. The lowest BCUT2D eigenvalue weighted by Gasteiger charge is -2.34. The number of alkyl halides is 6. The van der Waals surface area contributed by atoms with Crippen LogP contribution in [-0.2, 0) is 14.3 Å². The number of imidazole rings is 1. The third-order valence-electron chi connectivity index (χ3n) is 4.89. The summed E-state index contributed by atoms with van der Waals surface area (Å²) >= 11 is 0. The Morgan fingerprint density at radius 2 is 1.38 bits per heavy atom. The van der Waals surface area contributed by atoms with Crippen LogP contribution in [0.3, 0.4) is 0 Å². The maximum Gasteiger partial charge on any atom is 0.490 e. The Hall–Kier alpha value is -4.21. The van der Waals surface area contributed by atoms with E-state index >= 15 is 0 Å². The van der Waals surface area contributed by atoms with Crippen molar-refractivity contribution in [2.24, 2.45) is 0 Å². The van der Waals surface area contributed by atoms with Gasteiger partial charge in [0, 0.05) is 37.2 Å². The van der Waals surface area contributed by atoms with Gasteiger partial charge in [-0.1, -0.05) is 6.07 Å². The van der Waals surface area contributed by atoms with E-state index in [-0.39, 0.29) is 18.1 Å². The molecular weight excluding hydrogens is 542 g/mol. The van der Waals surface area contributed by atoms with E-state index < -0.39 is 24.3 Å². The monoisotopic (exact) mass is 564 g/mol. The van der Waals surface area contributed by atoms with E-state index in [9.17, 15) is 31.1 Å². The quantitative estimate of drug-likeness (QED) is 0.448. The van der Waals surface area contributed by atoms with Crippen LogP contribution in [0.25, 0.3) is 16.8 Å². The zero-order chi connectivity index (χ0) is 29.5. The fraction of sp³-hybridized carbons (Fsp3) is 0.348. The van der Waals surface area contributed by atoms with Crippen LogP contribution in [0, 0.1) is 0 Å². The molecule has 10 nitrogen and oxygen atoms in total. The first-order valence-corrected chi connectivity index (χ1v) is 10.9. The van der Waals surface area contributed by atoms with Crippen LogP contribution < -0.4 is 0 Å². The Bertz CT molecular complexity index is 1260. The summed E-state index contributed by atoms with van der Waals surface area (Å²) in [6, 6.07) is 9.65. The van der Waals surface area contributed by atoms with E-state index in [4.69, 9.17) is 24.5 Å². The van der Waals surface area contributed by atoms with Gasteiger partial charge in [0.2, 0.25) is 5.82 Å². The number of fused-ring (bicyclic) bond motifs is 1. The summed E-state index contributed by atoms with van der Waals surface area (Å²) in [7, 11) is 0. The van der Waals surface area contributed by atoms with Gasteiger partial charge in [0.05, 0.1) is 23.4 Å². The Morgan fingerprint density at radius 3 is 1.85 bits per heavy atom. The summed E-state index contributed by atoms with van der Waals surface area (Å²) in [6.45, 7) is 5.13. The van der Waals surface area contributed by atoms with Crippen molar-refractivity contribution in [1.29, 1.82) is 0 Å². The molecule has 0 aromatic carbocycles. The number of aliphatic carboxylic acids is 2. The highest BCUT2D eigenvalue weighted by Gasteiger charge is 2.39. The molecule has 4 rings (SSSR count). The number of aromatic nitrogens is 3. The number of rotatable bonds is 2. The van der Waals surface area contributed by atoms with Crippen molar-refractivity contribution < 1.29 is 55.7 Å². The normalized spacial score (nSPS) is 17.4. The van der Waals surface area contributed by atoms with Gasteiger partial charge in [-0.3, -0.25) is 14.2 Å². The smallest absolute Gasteiger partial charge is 0.475 e. The van der Waals surface area contributed by atoms with Gasteiger partial charge in [-0.2, -0.15) is 26.3 Å². The van der Waals surface area contributed by atoms with Crippen LogP contribution in [0.15, 0.2) is 48.9 Å². The Morgan fingerprint density at radius 1 is 0.897 bits per heavy atom. The van der Waals surface area contributed by atoms with Crippen LogP contribution in [0.2, 0.25) is 0 Å². The standard InChI is InChI=1S/C19H20N4O2.2C2HF3O2/c1-13-11-22(12-14(2)25-13)19(24)18-21-17(15-6-8-20-9-7-15)16-5-3-4-10-23(16)18;2*3-2(4,5)1(6)7/h3-10,13-14H,11-12H2,1-2H3;2*(H,6,7). The second-order valence-electron chi connectivity index (χ2n) is 8.05. The highest BCUT2D eigenvalue weighted by Crippen LogP contribution is 2.25. The predicted molar refractivity (Wildman–Crippen MR) is 122 cm³/mol. The first-order chi connectivity index (χ1) is 18.0. The van der Waals surface area contributed by atoms with Crippen molar-refractivity contribution in [2.45, 2.75) is 38.4 Å². The van der Waals surface area contributed by atoms with Crippen molar-refractivity contribution in [3.63, 3.8) is 0 Å². The summed E-state index contributed by atoms with van der Waals surface area (Å²) in [4.78, 5) is 41.5. The van der Waals surface area contributed by atoms with Crippen molar-refractivity contribution >= 4 is 23.4 Å². The number of carboxylic acids is 2. The summed E-state index contributed by atoms with van der Waals surface area (Å²) in [5.74, 6) is -5.15. The van der Waals surface area contributed by atoms with Gasteiger partial charge in [-0.25, -0.2) is 14.6 Å². The fourth-order valence-electron chi connectivity index (χ4n) is 3.40. The fourth-order valence-corrected chi connectivity index (χ4v) is 3.40. The van der Waals surface area contributed by atoms with Gasteiger partial charge in [0.25, 0.3) is 5.91 Å². The molecule has 1 aliphatic rings. The average Bonchev–Trinajstić information content (AvgIpc) is 3.23. The van der Waals surface area contributed by atoms with Gasteiger partial charge in [-0.05, 0) is 38.1 Å². The molecule has 3 aromatic heterocycles. The SMILES string of the molecule is CC1CN(C(=O)c2nc(-c3ccncc3)c3ccccn23)CC(C)O1.O=C(O)C(F)(F)F.O=C(O)C(F)(F)F. The van der Waals surface area contributed by atoms with Crippen LogP contribution >= 0.6 is 0 Å². The van der Waals surface area contributed by atoms with Gasteiger partial charge >= 0.3 is 24.3 Å². The average molecular weight is 564 g/mol. The number of hydrogen-bond acceptors (Lipinski definition) is 6. The molecule has 1 aliphatic heterocycles. The molecule has 2 atom stereocenters. The number of hydrogen-bond donors (Lipinski definition) is 2. The van der Waals surface area contributed by atoms with Crippen molar-refractivity contribution in [1.82, 2.24) is 19.3 Å². The lowest BCUT2D eigenvalue weighted by atomic mass is 10.2. The number of nitrogens with zero attached hydrogens (tertiary/aromatic N) is 4. The molecule has 0 bridgehead atoms. The number of amides is 1. The van der Waals surface area contributed by atoms with E-state index in [0.29, 0.717) is 18.9 Å². The van der Waals surface area contributed by atoms with E-state index in [2.05, 4.69) is 9.97 Å². The number of carbonyl (C=O) groups is 3. The third kappa shape index (κ3) is 8.66. The highest BCUT2D eigenvalue weighted by atomic mass is 19.4. The van der Waals surface area contributed by atoms with E-state index in [1.165, 1.54) is 0 Å². The molecule has 0 aliphatic carbocycles. The topological polar surface area (TPSA) is 134 Å².